The molecule has 90 valence electrons. The van der Waals surface area contributed by atoms with E-state index in [2.05, 4.69) is 67.1 Å². The molecule has 0 amide bonds. The van der Waals surface area contributed by atoms with Crippen LogP contribution in [0.4, 0.5) is 0 Å². The maximum Gasteiger partial charge on any atom is 0.213 e. The summed E-state index contributed by atoms with van der Waals surface area (Å²) >= 11 is 0. The third kappa shape index (κ3) is 2.95. The standard InChI is InChI=1S/C17H18N/c1-15-11-8-9-13-17(15)18-14-10-6-4-3-5-7-12-16(18)2/h3-14H,1-2H3/q+1. The summed E-state index contributed by atoms with van der Waals surface area (Å²) < 4.78 is 2.20. The van der Waals surface area contributed by atoms with Crippen LogP contribution in [0.15, 0.2) is 72.9 Å². The highest BCUT2D eigenvalue weighted by atomic mass is 15.0. The Balaban J connectivity index is 2.68. The van der Waals surface area contributed by atoms with Gasteiger partial charge in [-0.1, -0.05) is 48.5 Å². The van der Waals surface area contributed by atoms with Crippen LogP contribution in [0.25, 0.3) is 5.69 Å². The summed E-state index contributed by atoms with van der Waals surface area (Å²) in [5.41, 5.74) is 3.68. The number of aryl methyl sites for hydroxylation is 2. The summed E-state index contributed by atoms with van der Waals surface area (Å²) in [6.45, 7) is 4.25. The maximum atomic E-state index is 2.20. The molecule has 0 fully saturated rings. The number of hydrogen-bond donors (Lipinski definition) is 0. The van der Waals surface area contributed by atoms with Crippen LogP contribution in [0.2, 0.25) is 0 Å². The molecule has 1 nitrogen and oxygen atoms in total. The molecule has 0 aliphatic rings. The van der Waals surface area contributed by atoms with Crippen molar-refractivity contribution >= 4 is 0 Å². The van der Waals surface area contributed by atoms with Crippen molar-refractivity contribution in [2.45, 2.75) is 13.8 Å². The molecule has 0 bridgehead atoms. The van der Waals surface area contributed by atoms with E-state index in [9.17, 15) is 0 Å². The zero-order valence-corrected chi connectivity index (χ0v) is 10.9. The fourth-order valence-electron chi connectivity index (χ4n) is 1.89. The predicted octanol–water partition coefficient (Wildman–Crippen LogP) is 3.70. The Hall–Kier alpha value is -2.15. The van der Waals surface area contributed by atoms with Gasteiger partial charge in [0.1, 0.15) is 0 Å². The second kappa shape index (κ2) is 5.97. The van der Waals surface area contributed by atoms with Gasteiger partial charge in [0.15, 0.2) is 11.9 Å². The van der Waals surface area contributed by atoms with Crippen molar-refractivity contribution in [1.82, 2.24) is 0 Å². The molecule has 1 aromatic carbocycles. The van der Waals surface area contributed by atoms with Gasteiger partial charge in [0, 0.05) is 30.7 Å². The zero-order chi connectivity index (χ0) is 12.8. The number of benzene rings is 1. The molecule has 0 spiro atoms. The van der Waals surface area contributed by atoms with Crippen LogP contribution in [0.5, 0.6) is 0 Å². The minimum atomic E-state index is 1.19. The fourth-order valence-corrected chi connectivity index (χ4v) is 1.89. The lowest BCUT2D eigenvalue weighted by Gasteiger charge is -2.00. The average molecular weight is 236 g/mol. The van der Waals surface area contributed by atoms with Crippen molar-refractivity contribution in [3.63, 3.8) is 0 Å². The van der Waals surface area contributed by atoms with Gasteiger partial charge < -0.3 is 0 Å². The lowest BCUT2D eigenvalue weighted by atomic mass is 10.2. The van der Waals surface area contributed by atoms with E-state index in [1.807, 2.05) is 24.3 Å². The Morgan fingerprint density at radius 1 is 0.667 bits per heavy atom. The summed E-state index contributed by atoms with van der Waals surface area (Å²) in [5.74, 6) is 0. The monoisotopic (exact) mass is 236 g/mol. The lowest BCUT2D eigenvalue weighted by molar-refractivity contribution is -0.602. The van der Waals surface area contributed by atoms with Crippen LogP contribution in [0, 0.1) is 13.8 Å². The van der Waals surface area contributed by atoms with Crippen LogP contribution >= 0.6 is 0 Å². The van der Waals surface area contributed by atoms with Crippen molar-refractivity contribution in [1.29, 1.82) is 0 Å². The quantitative estimate of drug-likeness (QED) is 0.665. The van der Waals surface area contributed by atoms with Crippen LogP contribution in [0.1, 0.15) is 11.3 Å². The van der Waals surface area contributed by atoms with Gasteiger partial charge in [-0.25, -0.2) is 0 Å². The van der Waals surface area contributed by atoms with E-state index in [1.165, 1.54) is 16.9 Å². The number of aromatic nitrogens is 1. The highest BCUT2D eigenvalue weighted by molar-refractivity contribution is 5.32. The first-order valence-electron chi connectivity index (χ1n) is 6.15. The molecule has 1 heterocycles. The van der Waals surface area contributed by atoms with Gasteiger partial charge in [-0.2, -0.15) is 4.57 Å². The largest absolute Gasteiger partial charge is 0.213 e. The Kier molecular flexibility index (Phi) is 4.08. The molecule has 0 saturated carbocycles. The normalized spacial score (nSPS) is 9.67. The molecular weight excluding hydrogens is 218 g/mol. The third-order valence-corrected chi connectivity index (χ3v) is 2.88. The highest BCUT2D eigenvalue weighted by Gasteiger charge is 2.09. The molecule has 0 unspecified atom stereocenters. The van der Waals surface area contributed by atoms with Gasteiger partial charge >= 0.3 is 0 Å². The Morgan fingerprint density at radius 2 is 1.28 bits per heavy atom. The number of rotatable bonds is 1. The van der Waals surface area contributed by atoms with E-state index in [4.69, 9.17) is 0 Å². The summed E-state index contributed by atoms with van der Waals surface area (Å²) in [7, 11) is 0. The zero-order valence-electron chi connectivity index (χ0n) is 10.9. The SMILES string of the molecule is Cc1ccccc1-[n+]1ccccccccc1C. The van der Waals surface area contributed by atoms with E-state index in [-0.39, 0.29) is 0 Å². The van der Waals surface area contributed by atoms with E-state index >= 15 is 0 Å². The minimum Gasteiger partial charge on any atom is -0.165 e. The molecule has 1 heteroatoms. The Morgan fingerprint density at radius 3 is 2.06 bits per heavy atom. The summed E-state index contributed by atoms with van der Waals surface area (Å²) in [6, 6.07) is 22.8. The van der Waals surface area contributed by atoms with E-state index in [0.29, 0.717) is 0 Å². The maximum absolute atomic E-state index is 2.20. The summed E-state index contributed by atoms with van der Waals surface area (Å²) in [4.78, 5) is 0. The minimum absolute atomic E-state index is 1.19. The van der Waals surface area contributed by atoms with Gasteiger partial charge in [0.05, 0.1) is 0 Å². The fraction of sp³-hybridized carbons (Fsp3) is 0.118. The molecular formula is C17H18N+. The highest BCUT2D eigenvalue weighted by Crippen LogP contribution is 2.06. The topological polar surface area (TPSA) is 3.88 Å². The van der Waals surface area contributed by atoms with Crippen LogP contribution in [-0.4, -0.2) is 0 Å². The van der Waals surface area contributed by atoms with E-state index in [0.717, 1.165) is 0 Å². The smallest absolute Gasteiger partial charge is 0.165 e. The van der Waals surface area contributed by atoms with E-state index in [1.54, 1.807) is 0 Å². The van der Waals surface area contributed by atoms with Crippen molar-refractivity contribution in [3.05, 3.63) is 84.2 Å². The molecule has 2 aromatic rings. The second-order valence-electron chi connectivity index (χ2n) is 4.27. The van der Waals surface area contributed by atoms with Gasteiger partial charge in [-0.05, 0) is 6.92 Å². The van der Waals surface area contributed by atoms with Crippen LogP contribution < -0.4 is 4.57 Å². The number of nitrogens with zero attached hydrogens (tertiary/aromatic N) is 1. The van der Waals surface area contributed by atoms with Crippen LogP contribution in [-0.2, 0) is 0 Å². The van der Waals surface area contributed by atoms with Crippen molar-refractivity contribution in [3.8, 4) is 5.69 Å². The molecule has 0 aliphatic carbocycles. The Bertz CT molecular complexity index is 586. The lowest BCUT2D eigenvalue weighted by Crippen LogP contribution is -2.33. The molecule has 2 rings (SSSR count). The van der Waals surface area contributed by atoms with Crippen LogP contribution in [0.3, 0.4) is 0 Å². The molecule has 0 atom stereocenters. The summed E-state index contributed by atoms with van der Waals surface area (Å²) in [6.07, 6.45) is 2.09. The molecule has 0 saturated heterocycles. The molecule has 0 aliphatic heterocycles. The molecule has 1 aromatic heterocycles. The van der Waals surface area contributed by atoms with Crippen molar-refractivity contribution in [2.24, 2.45) is 0 Å². The van der Waals surface area contributed by atoms with Gasteiger partial charge in [-0.15, -0.1) is 0 Å². The number of para-hydroxylation sites is 1. The Labute approximate surface area is 109 Å². The van der Waals surface area contributed by atoms with Gasteiger partial charge in [0.25, 0.3) is 0 Å². The third-order valence-electron chi connectivity index (χ3n) is 2.88. The molecule has 18 heavy (non-hydrogen) atoms. The van der Waals surface area contributed by atoms with Crippen molar-refractivity contribution in [2.75, 3.05) is 0 Å². The van der Waals surface area contributed by atoms with Gasteiger partial charge in [0.2, 0.25) is 5.69 Å². The van der Waals surface area contributed by atoms with E-state index < -0.39 is 0 Å². The van der Waals surface area contributed by atoms with Gasteiger partial charge in [-0.3, -0.25) is 0 Å². The molecule has 0 radical (unpaired) electrons. The number of hydrogen-bond acceptors (Lipinski definition) is 0. The summed E-state index contributed by atoms with van der Waals surface area (Å²) in [5, 5.41) is 0. The second-order valence-corrected chi connectivity index (χ2v) is 4.27. The molecule has 0 N–H and O–H groups in total. The van der Waals surface area contributed by atoms with Crippen molar-refractivity contribution < 1.29 is 4.57 Å². The first-order valence-corrected chi connectivity index (χ1v) is 6.15. The first kappa shape index (κ1) is 12.3. The average Bonchev–Trinajstić information content (AvgIpc) is 2.38. The predicted molar refractivity (Wildman–Crippen MR) is 75.1 cm³/mol. The first-order chi connectivity index (χ1) is 8.79.